The van der Waals surface area contributed by atoms with E-state index in [9.17, 15) is 4.79 Å². The summed E-state index contributed by atoms with van der Waals surface area (Å²) in [5.41, 5.74) is 1.57. The largest absolute Gasteiger partial charge is 0.483 e. The molecule has 0 atom stereocenters. The number of carbonyl (C=O) groups excluding carboxylic acids is 1. The van der Waals surface area contributed by atoms with Crippen molar-refractivity contribution in [2.75, 3.05) is 29.9 Å². The Hall–Kier alpha value is -2.63. The minimum absolute atomic E-state index is 0.0429. The Morgan fingerprint density at radius 3 is 2.61 bits per heavy atom. The summed E-state index contributed by atoms with van der Waals surface area (Å²) in [4.78, 5) is 22.7. The van der Waals surface area contributed by atoms with Crippen LogP contribution in [0.4, 0.5) is 11.6 Å². The second-order valence-corrected chi connectivity index (χ2v) is 5.57. The number of amides is 1. The van der Waals surface area contributed by atoms with Crippen LogP contribution in [0.15, 0.2) is 36.7 Å². The Labute approximate surface area is 135 Å². The molecule has 0 bridgehead atoms. The Kier molecular flexibility index (Phi) is 4.71. The van der Waals surface area contributed by atoms with E-state index >= 15 is 0 Å². The Balaban J connectivity index is 1.52. The highest BCUT2D eigenvalue weighted by Gasteiger charge is 2.14. The summed E-state index contributed by atoms with van der Waals surface area (Å²) in [5.74, 6) is 1.20. The Morgan fingerprint density at radius 2 is 1.91 bits per heavy atom. The predicted molar refractivity (Wildman–Crippen MR) is 88.8 cm³/mol. The first-order valence-electron chi connectivity index (χ1n) is 7.77. The maximum atomic E-state index is 11.9. The minimum atomic E-state index is -0.231. The number of rotatable bonds is 5. The molecule has 120 valence electrons. The fourth-order valence-corrected chi connectivity index (χ4v) is 2.52. The standard InChI is InChI=1S/C17H20N4O2/c1-13-6-2-3-7-15(13)23-12-16(22)20-14-10-18-17(19-11-14)21-8-4-5-9-21/h2-3,6-7,10-11H,4-5,8-9,12H2,1H3,(H,20,22). The van der Waals surface area contributed by atoms with Gasteiger partial charge in [0.1, 0.15) is 5.75 Å². The van der Waals surface area contributed by atoms with Gasteiger partial charge in [-0.25, -0.2) is 9.97 Å². The van der Waals surface area contributed by atoms with Gasteiger partial charge in [-0.3, -0.25) is 4.79 Å². The van der Waals surface area contributed by atoms with Crippen molar-refractivity contribution in [2.24, 2.45) is 0 Å². The SMILES string of the molecule is Cc1ccccc1OCC(=O)Nc1cnc(N2CCCC2)nc1. The summed E-state index contributed by atoms with van der Waals surface area (Å²) in [6, 6.07) is 7.60. The number of aromatic nitrogens is 2. The number of carbonyl (C=O) groups is 1. The van der Waals surface area contributed by atoms with Crippen molar-refractivity contribution in [1.29, 1.82) is 0 Å². The monoisotopic (exact) mass is 312 g/mol. The lowest BCUT2D eigenvalue weighted by Crippen LogP contribution is -2.22. The highest BCUT2D eigenvalue weighted by molar-refractivity contribution is 5.91. The van der Waals surface area contributed by atoms with Gasteiger partial charge >= 0.3 is 0 Å². The van der Waals surface area contributed by atoms with Crippen molar-refractivity contribution in [3.63, 3.8) is 0 Å². The maximum Gasteiger partial charge on any atom is 0.262 e. The fourth-order valence-electron chi connectivity index (χ4n) is 2.52. The van der Waals surface area contributed by atoms with Gasteiger partial charge in [0.15, 0.2) is 6.61 Å². The third kappa shape index (κ3) is 3.97. The number of hydrogen-bond acceptors (Lipinski definition) is 5. The van der Waals surface area contributed by atoms with Gasteiger partial charge in [-0.1, -0.05) is 18.2 Å². The highest BCUT2D eigenvalue weighted by Crippen LogP contribution is 2.17. The van der Waals surface area contributed by atoms with Crippen molar-refractivity contribution in [3.05, 3.63) is 42.2 Å². The molecule has 6 heteroatoms. The summed E-state index contributed by atoms with van der Waals surface area (Å²) in [5, 5.41) is 2.74. The predicted octanol–water partition coefficient (Wildman–Crippen LogP) is 2.40. The van der Waals surface area contributed by atoms with Gasteiger partial charge in [0.05, 0.1) is 18.1 Å². The molecule has 3 rings (SSSR count). The number of para-hydroxylation sites is 1. The van der Waals surface area contributed by atoms with Gasteiger partial charge < -0.3 is 15.0 Å². The molecule has 0 spiro atoms. The van der Waals surface area contributed by atoms with E-state index in [0.717, 1.165) is 24.6 Å². The first kappa shape index (κ1) is 15.3. The van der Waals surface area contributed by atoms with Crippen molar-refractivity contribution >= 4 is 17.5 Å². The molecule has 2 aromatic rings. The normalized spacial score (nSPS) is 13.9. The van der Waals surface area contributed by atoms with E-state index in [0.29, 0.717) is 11.4 Å². The second-order valence-electron chi connectivity index (χ2n) is 5.57. The molecule has 1 N–H and O–H groups in total. The van der Waals surface area contributed by atoms with E-state index in [1.165, 1.54) is 12.8 Å². The molecule has 1 aliphatic rings. The first-order chi connectivity index (χ1) is 11.2. The third-order valence-electron chi connectivity index (χ3n) is 3.76. The maximum absolute atomic E-state index is 11.9. The summed E-state index contributed by atoms with van der Waals surface area (Å²) >= 11 is 0. The fraction of sp³-hybridized carbons (Fsp3) is 0.353. The van der Waals surface area contributed by atoms with Crippen molar-refractivity contribution in [3.8, 4) is 5.75 Å². The number of anilines is 2. The van der Waals surface area contributed by atoms with Gasteiger partial charge in [0, 0.05) is 13.1 Å². The van der Waals surface area contributed by atoms with Gasteiger partial charge in [-0.2, -0.15) is 0 Å². The van der Waals surface area contributed by atoms with E-state index in [1.807, 2.05) is 31.2 Å². The number of ether oxygens (including phenoxy) is 1. The van der Waals surface area contributed by atoms with Crippen LogP contribution in [0.2, 0.25) is 0 Å². The molecule has 0 aliphatic carbocycles. The van der Waals surface area contributed by atoms with Crippen LogP contribution in [0.1, 0.15) is 18.4 Å². The Bertz CT molecular complexity index is 667. The quantitative estimate of drug-likeness (QED) is 0.918. The Morgan fingerprint density at radius 1 is 1.22 bits per heavy atom. The minimum Gasteiger partial charge on any atom is -0.483 e. The smallest absolute Gasteiger partial charge is 0.262 e. The molecular formula is C17H20N4O2. The number of aryl methyl sites for hydroxylation is 1. The molecule has 23 heavy (non-hydrogen) atoms. The second kappa shape index (κ2) is 7.09. The number of nitrogens with one attached hydrogen (secondary N) is 1. The van der Waals surface area contributed by atoms with Gasteiger partial charge in [-0.05, 0) is 31.4 Å². The summed E-state index contributed by atoms with van der Waals surface area (Å²) in [6.07, 6.45) is 5.62. The van der Waals surface area contributed by atoms with Crippen LogP contribution in [0, 0.1) is 6.92 Å². The van der Waals surface area contributed by atoms with E-state index in [-0.39, 0.29) is 12.5 Å². The molecule has 0 unspecified atom stereocenters. The van der Waals surface area contributed by atoms with Gasteiger partial charge in [-0.15, -0.1) is 0 Å². The van der Waals surface area contributed by atoms with E-state index in [1.54, 1.807) is 12.4 Å². The van der Waals surface area contributed by atoms with Crippen LogP contribution in [0.5, 0.6) is 5.75 Å². The van der Waals surface area contributed by atoms with Crippen LogP contribution in [0.25, 0.3) is 0 Å². The topological polar surface area (TPSA) is 67.3 Å². The van der Waals surface area contributed by atoms with Crippen molar-refractivity contribution in [1.82, 2.24) is 9.97 Å². The zero-order valence-electron chi connectivity index (χ0n) is 13.2. The molecule has 1 aromatic carbocycles. The van der Waals surface area contributed by atoms with Crippen molar-refractivity contribution < 1.29 is 9.53 Å². The summed E-state index contributed by atoms with van der Waals surface area (Å²) < 4.78 is 5.51. The molecule has 1 aliphatic heterocycles. The van der Waals surface area contributed by atoms with Crippen LogP contribution in [0.3, 0.4) is 0 Å². The average Bonchev–Trinajstić information content (AvgIpc) is 3.09. The van der Waals surface area contributed by atoms with Crippen molar-refractivity contribution in [2.45, 2.75) is 19.8 Å². The van der Waals surface area contributed by atoms with Gasteiger partial charge in [0.2, 0.25) is 5.95 Å². The third-order valence-corrected chi connectivity index (χ3v) is 3.76. The van der Waals surface area contributed by atoms with Crippen LogP contribution in [-0.2, 0) is 4.79 Å². The molecule has 1 amide bonds. The lowest BCUT2D eigenvalue weighted by molar-refractivity contribution is -0.118. The molecule has 1 saturated heterocycles. The van der Waals surface area contributed by atoms with E-state index < -0.39 is 0 Å². The lowest BCUT2D eigenvalue weighted by atomic mass is 10.2. The van der Waals surface area contributed by atoms with E-state index in [4.69, 9.17) is 4.74 Å². The zero-order chi connectivity index (χ0) is 16.1. The number of benzene rings is 1. The molecule has 0 saturated carbocycles. The highest BCUT2D eigenvalue weighted by atomic mass is 16.5. The summed E-state index contributed by atoms with van der Waals surface area (Å²) in [7, 11) is 0. The number of hydrogen-bond donors (Lipinski definition) is 1. The molecule has 6 nitrogen and oxygen atoms in total. The molecular weight excluding hydrogens is 292 g/mol. The van der Waals surface area contributed by atoms with Gasteiger partial charge in [0.25, 0.3) is 5.91 Å². The molecule has 2 heterocycles. The molecule has 1 aromatic heterocycles. The van der Waals surface area contributed by atoms with Crippen LogP contribution < -0.4 is 15.0 Å². The first-order valence-corrected chi connectivity index (χ1v) is 7.77. The zero-order valence-corrected chi connectivity index (χ0v) is 13.2. The summed E-state index contributed by atoms with van der Waals surface area (Å²) in [6.45, 7) is 3.89. The van der Waals surface area contributed by atoms with E-state index in [2.05, 4.69) is 20.2 Å². The number of nitrogens with zero attached hydrogens (tertiary/aromatic N) is 3. The van der Waals surface area contributed by atoms with Crippen LogP contribution >= 0.6 is 0 Å². The molecule has 0 radical (unpaired) electrons. The lowest BCUT2D eigenvalue weighted by Gasteiger charge is -2.14. The van der Waals surface area contributed by atoms with Crippen LogP contribution in [-0.4, -0.2) is 35.6 Å². The average molecular weight is 312 g/mol. The molecule has 1 fully saturated rings.